The van der Waals surface area contributed by atoms with Crippen molar-refractivity contribution in [3.8, 4) is 0 Å². The molecule has 0 aromatic heterocycles. The summed E-state index contributed by atoms with van der Waals surface area (Å²) in [6.07, 6.45) is 14.7. The van der Waals surface area contributed by atoms with Crippen molar-refractivity contribution in [2.24, 2.45) is 23.2 Å². The smallest absolute Gasteiger partial charge is 0.388 e. The molecule has 260 valence electrons. The molecular weight excluding hydrogens is 628 g/mol. The predicted molar refractivity (Wildman–Crippen MR) is 182 cm³/mol. The minimum atomic E-state index is -2.65. The Bertz CT molecular complexity index is 1530. The summed E-state index contributed by atoms with van der Waals surface area (Å²) in [4.78, 5) is 44.1. The highest BCUT2D eigenvalue weighted by Crippen LogP contribution is 2.70. The maximum absolute atomic E-state index is 13.8. The minimum absolute atomic E-state index is 0.0751. The van der Waals surface area contributed by atoms with Crippen LogP contribution in [0.25, 0.3) is 4.98 Å². The third kappa shape index (κ3) is 5.99. The molecule has 5 bridgehead atoms. The van der Waals surface area contributed by atoms with Gasteiger partial charge in [0.25, 0.3) is 0 Å². The van der Waals surface area contributed by atoms with Crippen LogP contribution in [0.1, 0.15) is 92.4 Å². The molecule has 7 atom stereocenters. The molecule has 1 spiro atoms. The average molecular weight is 680 g/mol. The van der Waals surface area contributed by atoms with Gasteiger partial charge in [0.1, 0.15) is 11.5 Å². The van der Waals surface area contributed by atoms with Gasteiger partial charge >= 0.3 is 18.1 Å². The van der Waals surface area contributed by atoms with Gasteiger partial charge in [0, 0.05) is 18.4 Å². The molecule has 0 radical (unpaired) electrons. The fourth-order valence-corrected chi connectivity index (χ4v) is 9.15. The number of nitrogens with zero attached hydrogens (tertiary/aromatic N) is 2. The van der Waals surface area contributed by atoms with Gasteiger partial charge in [-0.05, 0) is 75.9 Å². The third-order valence-corrected chi connectivity index (χ3v) is 15.9. The molecule has 0 amide bonds. The van der Waals surface area contributed by atoms with E-state index in [-0.39, 0.29) is 52.4 Å². The number of unbranched alkanes of at least 4 members (excludes halogenated alkanes) is 3. The Kier molecular flexibility index (Phi) is 10.2. The summed E-state index contributed by atoms with van der Waals surface area (Å²) in [6.45, 7) is 14.3. The molecule has 5 rings (SSSR count). The largest absolute Gasteiger partial charge is 0.505 e. The number of allylic oxidation sites excluding steroid dienone is 5. The summed E-state index contributed by atoms with van der Waals surface area (Å²) >= 11 is 0. The number of diazo groups is 1. The highest BCUT2D eigenvalue weighted by atomic mass is 28.4. The number of cyclic esters (lactones) is 2. The first kappa shape index (κ1) is 36.1. The minimum Gasteiger partial charge on any atom is -0.505 e. The monoisotopic (exact) mass is 679 g/mol. The second kappa shape index (κ2) is 13.6. The van der Waals surface area contributed by atoms with Gasteiger partial charge in [-0.2, -0.15) is 0 Å². The van der Waals surface area contributed by atoms with Crippen LogP contribution < -0.4 is 0 Å². The van der Waals surface area contributed by atoms with Crippen molar-refractivity contribution in [2.75, 3.05) is 0 Å². The number of carbonyl (C=O) groups excluding carboxylic acids is 3. The van der Waals surface area contributed by atoms with E-state index in [1.807, 2.05) is 26.0 Å². The van der Waals surface area contributed by atoms with Gasteiger partial charge in [-0.3, -0.25) is 4.79 Å². The van der Waals surface area contributed by atoms with Gasteiger partial charge in [-0.1, -0.05) is 64.0 Å². The maximum Gasteiger partial charge on any atom is 0.388 e. The highest BCUT2D eigenvalue weighted by molar-refractivity contribution is 6.74. The average Bonchev–Trinajstić information content (AvgIpc) is 3.38. The Labute approximate surface area is 285 Å². The number of esters is 2. The highest BCUT2D eigenvalue weighted by Gasteiger charge is 2.76. The zero-order valence-corrected chi connectivity index (χ0v) is 30.4. The van der Waals surface area contributed by atoms with Gasteiger partial charge in [0.15, 0.2) is 31.1 Å². The van der Waals surface area contributed by atoms with Gasteiger partial charge < -0.3 is 23.7 Å². The van der Waals surface area contributed by atoms with Crippen LogP contribution in [-0.4, -0.2) is 49.3 Å². The van der Waals surface area contributed by atoms with E-state index in [4.69, 9.17) is 18.6 Å². The first-order valence-electron chi connectivity index (χ1n) is 17.4. The molecular formula is C37H51N2O8Si+. The Morgan fingerprint density at radius 2 is 1.81 bits per heavy atom. The van der Waals surface area contributed by atoms with Gasteiger partial charge in [0.2, 0.25) is 11.2 Å². The number of carbonyl (C=O) groups is 3. The Balaban J connectivity index is 1.72. The Morgan fingerprint density at radius 1 is 1.10 bits per heavy atom. The third-order valence-electron chi connectivity index (χ3n) is 11.5. The van der Waals surface area contributed by atoms with Crippen LogP contribution in [0.3, 0.4) is 0 Å². The second-order valence-corrected chi connectivity index (χ2v) is 20.1. The SMILES string of the molecule is C/C=C/CCCCC[C@@H]1C=C2[C@]34O[C@H](O[Si](C)(C)C(C)(C)C)[C@]2(/C(O)=C/[N+]#N)CC2=C(C(=O)OC2=O)[C@@H]3[C@H]1C[C@H](C(=O)CC/C=C/C)O4. The second-order valence-electron chi connectivity index (χ2n) is 15.4. The number of Topliss-reactive ketones (excluding diaryl/α,β-unsaturated/α-hetero) is 1. The lowest BCUT2D eigenvalue weighted by Crippen LogP contribution is -2.59. The number of aliphatic hydroxyl groups excluding tert-OH is 1. The lowest BCUT2D eigenvalue weighted by Gasteiger charge is -2.53. The van der Waals surface area contributed by atoms with E-state index in [0.717, 1.165) is 38.3 Å². The summed E-state index contributed by atoms with van der Waals surface area (Å²) in [6, 6.07) is 0. The first-order valence-corrected chi connectivity index (χ1v) is 20.3. The van der Waals surface area contributed by atoms with Crippen LogP contribution >= 0.6 is 0 Å². The van der Waals surface area contributed by atoms with E-state index < -0.39 is 49.8 Å². The number of ketones is 1. The summed E-state index contributed by atoms with van der Waals surface area (Å²) in [5.41, 5.74) is -0.750. The van der Waals surface area contributed by atoms with Crippen molar-refractivity contribution in [1.29, 1.82) is 5.39 Å². The number of hydrogen-bond donors (Lipinski definition) is 1. The number of aliphatic hydroxyl groups is 1. The molecule has 48 heavy (non-hydrogen) atoms. The molecule has 2 aliphatic carbocycles. The quantitative estimate of drug-likeness (QED) is 0.0389. The molecule has 2 fully saturated rings. The fourth-order valence-electron chi connectivity index (χ4n) is 8.01. The maximum atomic E-state index is 13.8. The molecule has 10 nitrogen and oxygen atoms in total. The van der Waals surface area contributed by atoms with E-state index in [0.29, 0.717) is 18.4 Å². The fraction of sp³-hybridized carbons (Fsp3) is 0.649. The molecule has 0 aromatic carbocycles. The van der Waals surface area contributed by atoms with Crippen LogP contribution in [0.15, 0.2) is 59.1 Å². The van der Waals surface area contributed by atoms with Crippen LogP contribution in [0.2, 0.25) is 18.1 Å². The number of hydrogen-bond acceptors (Lipinski definition) is 9. The molecule has 2 saturated heterocycles. The van der Waals surface area contributed by atoms with Gasteiger partial charge in [0.05, 0.1) is 17.1 Å². The number of rotatable bonds is 13. The Hall–Kier alpha value is -3.17. The molecule has 0 aromatic rings. The molecule has 1 N–H and O–H groups in total. The summed E-state index contributed by atoms with van der Waals surface area (Å²) in [5.74, 6) is -4.86. The molecule has 0 unspecified atom stereocenters. The normalized spacial score (nSPS) is 33.2. The van der Waals surface area contributed by atoms with Crippen LogP contribution in [0, 0.1) is 28.6 Å². The standard InChI is InChI=1S/C37H50N2O8Si/c1-8-10-12-13-14-16-17-23-19-28-36(29(41)22-39-38)21-25-30(33(43)44-32(25)42)31-24(23)20-27(26(40)18-15-11-9-2)45-37(28,31)46-34(36)47-48(6,7)35(3,4)5/h8-11,19,22-24,27,31,34H,12-18,20-21H2,1-7H3/p+1/b10-8+,11-9+,29-22-/t23-,24+,27-,31+,34-,36-,37+/m1/s1. The van der Waals surface area contributed by atoms with E-state index in [1.165, 1.54) is 0 Å². The topological polar surface area (TPSA) is 137 Å². The Morgan fingerprint density at radius 3 is 2.48 bits per heavy atom. The van der Waals surface area contributed by atoms with Crippen molar-refractivity contribution < 1.29 is 38.1 Å². The van der Waals surface area contributed by atoms with Crippen molar-refractivity contribution in [1.82, 2.24) is 0 Å². The van der Waals surface area contributed by atoms with E-state index in [9.17, 15) is 24.9 Å². The number of ether oxygens (including phenoxy) is 3. The summed E-state index contributed by atoms with van der Waals surface area (Å²) < 4.78 is 26.1. The molecule has 5 aliphatic rings. The summed E-state index contributed by atoms with van der Waals surface area (Å²) in [5, 5.41) is 21.4. The molecule has 0 saturated carbocycles. The predicted octanol–water partition coefficient (Wildman–Crippen LogP) is 8.11. The van der Waals surface area contributed by atoms with E-state index in [2.05, 4.69) is 57.1 Å². The van der Waals surface area contributed by atoms with E-state index in [1.54, 1.807) is 0 Å². The van der Waals surface area contributed by atoms with E-state index >= 15 is 0 Å². The van der Waals surface area contributed by atoms with Crippen LogP contribution in [0.5, 0.6) is 0 Å². The van der Waals surface area contributed by atoms with Gasteiger partial charge in [-0.15, -0.1) is 0 Å². The summed E-state index contributed by atoms with van der Waals surface area (Å²) in [7, 11) is -2.65. The first-order chi connectivity index (χ1) is 22.7. The van der Waals surface area contributed by atoms with Crippen LogP contribution in [-0.2, 0) is 33.0 Å². The zero-order chi connectivity index (χ0) is 35.1. The zero-order valence-electron chi connectivity index (χ0n) is 29.4. The van der Waals surface area contributed by atoms with Crippen molar-refractivity contribution in [3.05, 3.63) is 64.0 Å². The van der Waals surface area contributed by atoms with Crippen molar-refractivity contribution in [3.63, 3.8) is 0 Å². The van der Waals surface area contributed by atoms with Gasteiger partial charge in [-0.25, -0.2) is 9.59 Å². The van der Waals surface area contributed by atoms with Crippen molar-refractivity contribution in [2.45, 2.75) is 129 Å². The molecule has 11 heteroatoms. The lowest BCUT2D eigenvalue weighted by atomic mass is 9.59. The molecule has 3 aliphatic heterocycles. The van der Waals surface area contributed by atoms with Crippen LogP contribution in [0.4, 0.5) is 0 Å². The van der Waals surface area contributed by atoms with Crippen molar-refractivity contribution >= 4 is 26.0 Å². The molecule has 3 heterocycles. The lowest BCUT2D eigenvalue weighted by molar-refractivity contribution is -0.312.